The molecule has 3 aliphatic heterocycles. The molecule has 35 heavy (non-hydrogen) atoms. The highest BCUT2D eigenvalue weighted by atomic mass is 32.1. The lowest BCUT2D eigenvalue weighted by Gasteiger charge is -2.45. The minimum Gasteiger partial charge on any atom is -0.459 e. The van der Waals surface area contributed by atoms with Gasteiger partial charge < -0.3 is 14.2 Å². The van der Waals surface area contributed by atoms with Crippen molar-refractivity contribution >= 4 is 23.2 Å². The van der Waals surface area contributed by atoms with Crippen molar-refractivity contribution in [1.29, 1.82) is 0 Å². The maximum absolute atomic E-state index is 13.9. The van der Waals surface area contributed by atoms with E-state index < -0.39 is 0 Å². The Morgan fingerprint density at radius 2 is 1.80 bits per heavy atom. The van der Waals surface area contributed by atoms with E-state index in [0.717, 1.165) is 81.7 Å². The molecular weight excluding hydrogens is 458 g/mol. The van der Waals surface area contributed by atoms with E-state index in [9.17, 15) is 9.59 Å². The number of cyclic esters (lactones) is 1. The molecule has 0 bridgehead atoms. The summed E-state index contributed by atoms with van der Waals surface area (Å²) in [5.74, 6) is 0.211. The van der Waals surface area contributed by atoms with Crippen molar-refractivity contribution in [1.82, 2.24) is 14.4 Å². The number of thiophene rings is 1. The highest BCUT2D eigenvalue weighted by Gasteiger charge is 2.54. The third-order valence-electron chi connectivity index (χ3n) is 8.65. The van der Waals surface area contributed by atoms with Gasteiger partial charge in [0.25, 0.3) is 5.91 Å². The minimum atomic E-state index is -0.354. The summed E-state index contributed by atoms with van der Waals surface area (Å²) in [6, 6.07) is 4.50. The molecule has 3 fully saturated rings. The second-order valence-electron chi connectivity index (χ2n) is 11.7. The van der Waals surface area contributed by atoms with Gasteiger partial charge in [-0.05, 0) is 89.5 Å². The number of piperidine rings is 2. The van der Waals surface area contributed by atoms with E-state index in [0.29, 0.717) is 6.04 Å². The molecule has 0 saturated carbocycles. The number of fused-ring (bicyclic) bond motifs is 1. The molecule has 6 nitrogen and oxygen atoms in total. The second kappa shape index (κ2) is 8.77. The fourth-order valence-corrected chi connectivity index (χ4v) is 8.44. The molecule has 4 aliphatic rings. The van der Waals surface area contributed by atoms with Crippen molar-refractivity contribution in [3.05, 3.63) is 40.5 Å². The first-order valence-electron chi connectivity index (χ1n) is 13.4. The van der Waals surface area contributed by atoms with Crippen LogP contribution in [0.1, 0.15) is 79.6 Å². The molecule has 1 atom stereocenters. The molecule has 1 amide bonds. The number of esters is 1. The molecule has 1 spiro atoms. The number of likely N-dealkylation sites (tertiary alicyclic amines) is 2. The summed E-state index contributed by atoms with van der Waals surface area (Å²) >= 11 is 1.81. The summed E-state index contributed by atoms with van der Waals surface area (Å²) in [5.41, 5.74) is 1.56. The van der Waals surface area contributed by atoms with E-state index in [-0.39, 0.29) is 22.9 Å². The van der Waals surface area contributed by atoms with Crippen LogP contribution in [0.2, 0.25) is 0 Å². The third-order valence-corrected chi connectivity index (χ3v) is 9.95. The van der Waals surface area contributed by atoms with Crippen molar-refractivity contribution in [2.75, 3.05) is 26.2 Å². The summed E-state index contributed by atoms with van der Waals surface area (Å²) in [6.07, 6.45) is 13.4. The van der Waals surface area contributed by atoms with Gasteiger partial charge >= 0.3 is 5.97 Å². The lowest BCUT2D eigenvalue weighted by atomic mass is 9.74. The molecule has 188 valence electrons. The van der Waals surface area contributed by atoms with Crippen LogP contribution in [0.25, 0.3) is 5.00 Å². The average molecular weight is 496 g/mol. The Hall–Kier alpha value is -2.12. The van der Waals surface area contributed by atoms with E-state index in [4.69, 9.17) is 4.74 Å². The zero-order valence-electron chi connectivity index (χ0n) is 21.1. The number of aryl methyl sites for hydroxylation is 1. The minimum absolute atomic E-state index is 0.000383. The summed E-state index contributed by atoms with van der Waals surface area (Å²) < 4.78 is 7.86. The summed E-state index contributed by atoms with van der Waals surface area (Å²) in [7, 11) is 0. The zero-order chi connectivity index (χ0) is 24.2. The molecule has 6 rings (SSSR count). The fraction of sp³-hybridized carbons (Fsp3) is 0.643. The monoisotopic (exact) mass is 495 g/mol. The molecule has 0 aromatic carbocycles. The van der Waals surface area contributed by atoms with Gasteiger partial charge in [0.15, 0.2) is 0 Å². The Kier molecular flexibility index (Phi) is 5.83. The molecule has 0 N–H and O–H groups in total. The first-order chi connectivity index (χ1) is 16.9. The number of aromatic nitrogens is 1. The molecule has 2 aromatic heterocycles. The van der Waals surface area contributed by atoms with E-state index in [1.54, 1.807) is 0 Å². The third kappa shape index (κ3) is 4.14. The number of amides is 1. The Morgan fingerprint density at radius 1 is 1.06 bits per heavy atom. The number of nitrogens with zero attached hydrogens (tertiary/aromatic N) is 3. The summed E-state index contributed by atoms with van der Waals surface area (Å²) in [6.45, 7) is 7.51. The maximum atomic E-state index is 13.9. The van der Waals surface area contributed by atoms with E-state index in [1.165, 1.54) is 23.3 Å². The van der Waals surface area contributed by atoms with Crippen LogP contribution < -0.4 is 0 Å². The van der Waals surface area contributed by atoms with Crippen LogP contribution in [-0.2, 0) is 22.4 Å². The smallest absolute Gasteiger partial charge is 0.314 e. The van der Waals surface area contributed by atoms with Gasteiger partial charge in [0, 0.05) is 49.4 Å². The Bertz CT molecular complexity index is 1110. The van der Waals surface area contributed by atoms with Gasteiger partial charge in [-0.3, -0.25) is 14.5 Å². The number of carbonyl (C=O) groups is 2. The predicted octanol–water partition coefficient (Wildman–Crippen LogP) is 4.83. The molecule has 0 radical (unpaired) electrons. The molecule has 1 unspecified atom stereocenters. The van der Waals surface area contributed by atoms with Gasteiger partial charge in [-0.25, -0.2) is 0 Å². The SMILES string of the molecule is CC1(C)CC2(CCCN(C3CCN(C(=O)c4c(-n5cccc5)sc5c4CCCC5)CC3)C2)C(=O)O1. The lowest BCUT2D eigenvalue weighted by Crippen LogP contribution is -2.53. The Balaban J connectivity index is 1.16. The molecule has 7 heteroatoms. The number of hydrogen-bond donors (Lipinski definition) is 0. The van der Waals surface area contributed by atoms with Gasteiger partial charge in [0.2, 0.25) is 0 Å². The van der Waals surface area contributed by atoms with Gasteiger partial charge in [0.1, 0.15) is 10.6 Å². The van der Waals surface area contributed by atoms with Crippen molar-refractivity contribution in [2.24, 2.45) is 5.41 Å². The van der Waals surface area contributed by atoms with Crippen LogP contribution in [0.5, 0.6) is 0 Å². The predicted molar refractivity (Wildman–Crippen MR) is 137 cm³/mol. The van der Waals surface area contributed by atoms with E-state index >= 15 is 0 Å². The van der Waals surface area contributed by atoms with Gasteiger partial charge in [-0.2, -0.15) is 0 Å². The average Bonchev–Trinajstić information content (AvgIpc) is 3.55. The second-order valence-corrected chi connectivity index (χ2v) is 12.8. The van der Waals surface area contributed by atoms with Crippen LogP contribution in [0, 0.1) is 5.41 Å². The van der Waals surface area contributed by atoms with Crippen molar-refractivity contribution < 1.29 is 14.3 Å². The van der Waals surface area contributed by atoms with E-state index in [2.05, 4.69) is 26.8 Å². The number of ether oxygens (including phenoxy) is 1. The summed E-state index contributed by atoms with van der Waals surface area (Å²) in [5, 5.41) is 1.09. The van der Waals surface area contributed by atoms with Crippen molar-refractivity contribution in [2.45, 2.75) is 83.3 Å². The van der Waals surface area contributed by atoms with Gasteiger partial charge in [0.05, 0.1) is 11.0 Å². The molecule has 2 aromatic rings. The van der Waals surface area contributed by atoms with Crippen LogP contribution >= 0.6 is 11.3 Å². The van der Waals surface area contributed by atoms with Crippen molar-refractivity contribution in [3.8, 4) is 5.00 Å². The number of rotatable bonds is 3. The topological polar surface area (TPSA) is 54.8 Å². The van der Waals surface area contributed by atoms with Gasteiger partial charge in [-0.15, -0.1) is 11.3 Å². The lowest BCUT2D eigenvalue weighted by molar-refractivity contribution is -0.154. The van der Waals surface area contributed by atoms with Crippen LogP contribution in [0.15, 0.2) is 24.5 Å². The van der Waals surface area contributed by atoms with Gasteiger partial charge in [-0.1, -0.05) is 0 Å². The molecule has 3 saturated heterocycles. The standard InChI is InChI=1S/C28H37N3O3S/c1-27(2)18-28(26(33)34-27)12-7-15-31(19-28)20-10-16-29(17-11-20)24(32)23-21-8-3-4-9-22(21)35-25(23)30-13-5-6-14-30/h5-6,13-14,20H,3-4,7-12,15-19H2,1-2H3. The molecule has 1 aliphatic carbocycles. The number of carbonyl (C=O) groups excluding carboxylic acids is 2. The quantitative estimate of drug-likeness (QED) is 0.573. The zero-order valence-corrected chi connectivity index (χ0v) is 21.9. The highest BCUT2D eigenvalue weighted by Crippen LogP contribution is 2.47. The fourth-order valence-electron chi connectivity index (χ4n) is 7.09. The van der Waals surface area contributed by atoms with E-state index in [1.807, 2.05) is 37.3 Å². The Morgan fingerprint density at radius 3 is 2.51 bits per heavy atom. The summed E-state index contributed by atoms with van der Waals surface area (Å²) in [4.78, 5) is 32.7. The number of hydrogen-bond acceptors (Lipinski definition) is 5. The van der Waals surface area contributed by atoms with Crippen LogP contribution in [-0.4, -0.2) is 64.1 Å². The molecular formula is C28H37N3O3S. The first kappa shape index (κ1) is 23.3. The Labute approximate surface area is 212 Å². The van der Waals surface area contributed by atoms with Crippen LogP contribution in [0.4, 0.5) is 0 Å². The van der Waals surface area contributed by atoms with Crippen molar-refractivity contribution in [3.63, 3.8) is 0 Å². The largest absolute Gasteiger partial charge is 0.459 e. The molecule has 5 heterocycles. The maximum Gasteiger partial charge on any atom is 0.314 e. The first-order valence-corrected chi connectivity index (χ1v) is 14.2. The van der Waals surface area contributed by atoms with Crippen LogP contribution in [0.3, 0.4) is 0 Å². The normalized spacial score (nSPS) is 27.3. The highest BCUT2D eigenvalue weighted by molar-refractivity contribution is 7.15.